The van der Waals surface area contributed by atoms with Gasteiger partial charge in [0.1, 0.15) is 5.69 Å². The monoisotopic (exact) mass is 249 g/mol. The lowest BCUT2D eigenvalue weighted by Gasteiger charge is -2.21. The molecule has 0 saturated heterocycles. The number of rotatable bonds is 4. The summed E-state index contributed by atoms with van der Waals surface area (Å²) < 4.78 is 52.5. The molecule has 0 saturated carbocycles. The summed E-state index contributed by atoms with van der Waals surface area (Å²) >= 11 is 0. The highest BCUT2D eigenvalue weighted by atomic mass is 19.2. The molecular weight excluding hydrogens is 234 g/mol. The van der Waals surface area contributed by atoms with Gasteiger partial charge >= 0.3 is 0 Å². The first kappa shape index (κ1) is 13.8. The summed E-state index contributed by atoms with van der Waals surface area (Å²) in [5.74, 6) is -5.45. The van der Waals surface area contributed by atoms with Gasteiger partial charge < -0.3 is 5.32 Å². The number of nitrogens with one attached hydrogen (secondary N) is 1. The van der Waals surface area contributed by atoms with E-state index >= 15 is 0 Å². The summed E-state index contributed by atoms with van der Waals surface area (Å²) in [6.45, 7) is 5.50. The second-order valence-corrected chi connectivity index (χ2v) is 4.16. The quantitative estimate of drug-likeness (QED) is 0.626. The van der Waals surface area contributed by atoms with Crippen LogP contribution in [-0.2, 0) is 0 Å². The highest BCUT2D eigenvalue weighted by molar-refractivity contribution is 5.48. The normalized spacial score (nSPS) is 14.5. The molecule has 1 N–H and O–H groups in total. The van der Waals surface area contributed by atoms with Crippen LogP contribution in [-0.4, -0.2) is 6.04 Å². The molecule has 1 aromatic rings. The molecule has 96 valence electrons. The highest BCUT2D eigenvalue weighted by Crippen LogP contribution is 2.26. The van der Waals surface area contributed by atoms with Crippen LogP contribution in [0.4, 0.5) is 23.2 Å². The third kappa shape index (κ3) is 2.90. The molecule has 0 aliphatic rings. The van der Waals surface area contributed by atoms with Crippen molar-refractivity contribution in [2.24, 2.45) is 5.92 Å². The van der Waals surface area contributed by atoms with Crippen molar-refractivity contribution in [1.82, 2.24) is 0 Å². The first-order chi connectivity index (χ1) is 7.88. The maximum absolute atomic E-state index is 13.3. The first-order valence-electron chi connectivity index (χ1n) is 5.48. The maximum atomic E-state index is 13.3. The molecule has 2 unspecified atom stereocenters. The molecule has 2 atom stereocenters. The predicted octanol–water partition coefficient (Wildman–Crippen LogP) is 4.09. The summed E-state index contributed by atoms with van der Waals surface area (Å²) in [6.07, 6.45) is 0.787. The highest BCUT2D eigenvalue weighted by Gasteiger charge is 2.21. The molecule has 0 aliphatic carbocycles. The Bertz CT molecular complexity index is 380. The van der Waals surface area contributed by atoms with Crippen molar-refractivity contribution in [3.05, 3.63) is 29.3 Å². The Balaban J connectivity index is 3.06. The molecule has 17 heavy (non-hydrogen) atoms. The summed E-state index contributed by atoms with van der Waals surface area (Å²) in [6, 6.07) is -0.0887. The van der Waals surface area contributed by atoms with Crippen LogP contribution >= 0.6 is 0 Å². The molecule has 5 heteroatoms. The first-order valence-corrected chi connectivity index (χ1v) is 5.48. The van der Waals surface area contributed by atoms with E-state index in [-0.39, 0.29) is 18.0 Å². The summed E-state index contributed by atoms with van der Waals surface area (Å²) in [7, 11) is 0. The molecule has 1 aromatic carbocycles. The molecular formula is C12H15F4N. The minimum absolute atomic E-state index is 0.125. The van der Waals surface area contributed by atoms with E-state index in [0.717, 1.165) is 6.42 Å². The van der Waals surface area contributed by atoms with E-state index in [1.807, 2.05) is 13.8 Å². The number of hydrogen-bond donors (Lipinski definition) is 1. The van der Waals surface area contributed by atoms with Gasteiger partial charge in [-0.2, -0.15) is 0 Å². The summed E-state index contributed by atoms with van der Waals surface area (Å²) in [5, 5.41) is 2.48. The zero-order valence-corrected chi connectivity index (χ0v) is 9.95. The Kier molecular flexibility index (Phi) is 4.37. The second kappa shape index (κ2) is 5.38. The van der Waals surface area contributed by atoms with Crippen LogP contribution in [0.25, 0.3) is 0 Å². The molecule has 1 nitrogen and oxygen atoms in total. The molecule has 0 bridgehead atoms. The van der Waals surface area contributed by atoms with Gasteiger partial charge in [-0.25, -0.2) is 17.6 Å². The van der Waals surface area contributed by atoms with Crippen LogP contribution < -0.4 is 5.32 Å². The van der Waals surface area contributed by atoms with Crippen LogP contribution in [0, 0.1) is 29.2 Å². The molecule has 0 aliphatic heterocycles. The smallest absolute Gasteiger partial charge is 0.185 e. The van der Waals surface area contributed by atoms with Gasteiger partial charge in [0.05, 0.1) is 0 Å². The lowest BCUT2D eigenvalue weighted by molar-refractivity contribution is 0.446. The third-order valence-electron chi connectivity index (χ3n) is 2.98. The Morgan fingerprint density at radius 2 is 1.53 bits per heavy atom. The lowest BCUT2D eigenvalue weighted by Crippen LogP contribution is -2.25. The van der Waals surface area contributed by atoms with Crippen LogP contribution in [0.1, 0.15) is 27.2 Å². The topological polar surface area (TPSA) is 12.0 Å². The number of benzene rings is 1. The predicted molar refractivity (Wildman–Crippen MR) is 58.8 cm³/mol. The van der Waals surface area contributed by atoms with E-state index in [2.05, 4.69) is 5.32 Å². The fourth-order valence-corrected chi connectivity index (χ4v) is 1.42. The molecule has 0 radical (unpaired) electrons. The molecule has 0 spiro atoms. The van der Waals surface area contributed by atoms with Crippen molar-refractivity contribution >= 4 is 5.69 Å². The van der Waals surface area contributed by atoms with Gasteiger partial charge in [-0.05, 0) is 12.8 Å². The average molecular weight is 249 g/mol. The molecule has 1 rings (SSSR count). The van der Waals surface area contributed by atoms with Crippen LogP contribution in [0.2, 0.25) is 0 Å². The van der Waals surface area contributed by atoms with E-state index in [4.69, 9.17) is 0 Å². The van der Waals surface area contributed by atoms with Gasteiger partial charge in [0, 0.05) is 12.1 Å². The zero-order chi connectivity index (χ0) is 13.2. The second-order valence-electron chi connectivity index (χ2n) is 4.16. The number of anilines is 1. The molecule has 0 heterocycles. The molecule has 0 amide bonds. The largest absolute Gasteiger partial charge is 0.377 e. The van der Waals surface area contributed by atoms with Crippen molar-refractivity contribution < 1.29 is 17.6 Å². The van der Waals surface area contributed by atoms with Gasteiger partial charge in [-0.1, -0.05) is 20.3 Å². The zero-order valence-electron chi connectivity index (χ0n) is 9.95. The SMILES string of the molecule is CCC(C)C(C)Nc1c(F)c(F)cc(F)c1F. The lowest BCUT2D eigenvalue weighted by atomic mass is 10.0. The van der Waals surface area contributed by atoms with Crippen molar-refractivity contribution in [2.75, 3.05) is 5.32 Å². The van der Waals surface area contributed by atoms with Gasteiger partial charge in [0.15, 0.2) is 23.3 Å². The fraction of sp³-hybridized carbons (Fsp3) is 0.500. The van der Waals surface area contributed by atoms with E-state index in [1.165, 1.54) is 0 Å². The van der Waals surface area contributed by atoms with E-state index in [1.54, 1.807) is 6.92 Å². The van der Waals surface area contributed by atoms with Gasteiger partial charge in [-0.3, -0.25) is 0 Å². The van der Waals surface area contributed by atoms with Crippen molar-refractivity contribution in [3.63, 3.8) is 0 Å². The van der Waals surface area contributed by atoms with E-state index in [0.29, 0.717) is 0 Å². The number of halogens is 4. The van der Waals surface area contributed by atoms with Crippen LogP contribution in [0.5, 0.6) is 0 Å². The Hall–Kier alpha value is -1.26. The van der Waals surface area contributed by atoms with Crippen LogP contribution in [0.3, 0.4) is 0 Å². The Labute approximate surface area is 97.8 Å². The van der Waals surface area contributed by atoms with Gasteiger partial charge in [0.2, 0.25) is 0 Å². The Morgan fingerprint density at radius 1 is 1.06 bits per heavy atom. The van der Waals surface area contributed by atoms with E-state index < -0.39 is 29.0 Å². The van der Waals surface area contributed by atoms with Crippen molar-refractivity contribution in [2.45, 2.75) is 33.2 Å². The molecule has 0 aromatic heterocycles. The summed E-state index contributed by atoms with van der Waals surface area (Å²) in [5.41, 5.74) is -0.740. The third-order valence-corrected chi connectivity index (χ3v) is 2.98. The minimum Gasteiger partial charge on any atom is -0.377 e. The average Bonchev–Trinajstić information content (AvgIpc) is 2.30. The van der Waals surface area contributed by atoms with Crippen molar-refractivity contribution in [3.8, 4) is 0 Å². The minimum atomic E-state index is -1.40. The van der Waals surface area contributed by atoms with Gasteiger partial charge in [0.25, 0.3) is 0 Å². The maximum Gasteiger partial charge on any atom is 0.185 e. The Morgan fingerprint density at radius 3 is 1.94 bits per heavy atom. The van der Waals surface area contributed by atoms with Gasteiger partial charge in [-0.15, -0.1) is 0 Å². The van der Waals surface area contributed by atoms with Crippen molar-refractivity contribution in [1.29, 1.82) is 0 Å². The molecule has 0 fully saturated rings. The van der Waals surface area contributed by atoms with E-state index in [9.17, 15) is 17.6 Å². The number of hydrogen-bond acceptors (Lipinski definition) is 1. The summed E-state index contributed by atoms with van der Waals surface area (Å²) in [4.78, 5) is 0. The standard InChI is InChI=1S/C12H15F4N/c1-4-6(2)7(3)17-12-10(15)8(13)5-9(14)11(12)16/h5-7,17H,4H2,1-3H3. The fourth-order valence-electron chi connectivity index (χ4n) is 1.42. The van der Waals surface area contributed by atoms with Crippen LogP contribution in [0.15, 0.2) is 6.07 Å².